The third-order valence-corrected chi connectivity index (χ3v) is 9.70. The van der Waals surface area contributed by atoms with Crippen molar-refractivity contribution in [1.29, 1.82) is 5.26 Å². The summed E-state index contributed by atoms with van der Waals surface area (Å²) >= 11 is 0. The standard InChI is InChI=1S/C38H40N6O4/c1-23-11-12-43(18-23)19-26-15-27(17-39)36-32(16-26)40-38(48-36)31-10-6-8-29(25(31)3)28-7-5-9-30(24(28)2)37-41-33-20-44(21-34(33)47-37)35(46)22-42(4)13-14-45/h5-10,15-16,23,45H,11-14,18-22H2,1-4H3/t23-/m0/s1. The second-order valence-corrected chi connectivity index (χ2v) is 13.3. The third kappa shape index (κ3) is 6.01. The lowest BCUT2D eigenvalue weighted by Gasteiger charge is -2.20. The van der Waals surface area contributed by atoms with Crippen LogP contribution in [0.5, 0.6) is 0 Å². The average molecular weight is 645 g/mol. The number of carbonyl (C=O) groups excluding carboxylic acids is 1. The summed E-state index contributed by atoms with van der Waals surface area (Å²) in [5.74, 6) is 2.41. The van der Waals surface area contributed by atoms with Gasteiger partial charge in [-0.2, -0.15) is 5.26 Å². The Balaban J connectivity index is 1.15. The molecule has 10 heteroatoms. The number of nitriles is 1. The quantitative estimate of drug-likeness (QED) is 0.209. The molecule has 2 aromatic heterocycles. The number of hydrogen-bond acceptors (Lipinski definition) is 9. The SMILES string of the molecule is Cc1c(-c2nc3c(o2)CN(C(=O)CN(C)CCO)C3)cccc1-c1cccc(-c2nc3cc(CN4CC[C@H](C)C4)cc(C#N)c3o2)c1C. The fraction of sp³-hybridized carbons (Fsp3) is 0.368. The molecule has 1 saturated heterocycles. The number of likely N-dealkylation sites (tertiary alicyclic amines) is 1. The first kappa shape index (κ1) is 31.8. The van der Waals surface area contributed by atoms with Gasteiger partial charge in [-0.15, -0.1) is 0 Å². The van der Waals surface area contributed by atoms with Crippen molar-refractivity contribution in [1.82, 2.24) is 24.7 Å². The van der Waals surface area contributed by atoms with Gasteiger partial charge in [-0.1, -0.05) is 31.2 Å². The van der Waals surface area contributed by atoms with E-state index in [0.717, 1.165) is 64.3 Å². The Bertz CT molecular complexity index is 2030. The van der Waals surface area contributed by atoms with E-state index in [1.54, 1.807) is 9.80 Å². The molecule has 0 unspecified atom stereocenters. The van der Waals surface area contributed by atoms with E-state index < -0.39 is 0 Å². The number of rotatable bonds is 9. The van der Waals surface area contributed by atoms with Crippen LogP contribution in [0, 0.1) is 31.1 Å². The molecule has 0 aliphatic carbocycles. The molecule has 1 N–H and O–H groups in total. The number of hydrogen-bond donors (Lipinski definition) is 1. The predicted molar refractivity (Wildman–Crippen MR) is 182 cm³/mol. The van der Waals surface area contributed by atoms with Crippen LogP contribution in [0.3, 0.4) is 0 Å². The lowest BCUT2D eigenvalue weighted by molar-refractivity contribution is -0.133. The van der Waals surface area contributed by atoms with E-state index in [1.165, 1.54) is 6.42 Å². The highest BCUT2D eigenvalue weighted by atomic mass is 16.4. The van der Waals surface area contributed by atoms with Gasteiger partial charge in [0.05, 0.1) is 31.8 Å². The monoisotopic (exact) mass is 644 g/mol. The summed E-state index contributed by atoms with van der Waals surface area (Å²) < 4.78 is 12.5. The van der Waals surface area contributed by atoms with Crippen LogP contribution < -0.4 is 0 Å². The van der Waals surface area contributed by atoms with Crippen molar-refractivity contribution in [3.63, 3.8) is 0 Å². The number of likely N-dealkylation sites (N-methyl/N-ethyl adjacent to an activating group) is 1. The molecule has 3 aromatic carbocycles. The van der Waals surface area contributed by atoms with Crippen molar-refractivity contribution in [2.75, 3.05) is 39.8 Å². The zero-order valence-electron chi connectivity index (χ0n) is 27.9. The van der Waals surface area contributed by atoms with Crippen molar-refractivity contribution in [2.45, 2.75) is 46.8 Å². The molecular weight excluding hydrogens is 604 g/mol. The van der Waals surface area contributed by atoms with Crippen LogP contribution in [0.4, 0.5) is 0 Å². The van der Waals surface area contributed by atoms with E-state index in [0.29, 0.717) is 59.8 Å². The van der Waals surface area contributed by atoms with Gasteiger partial charge in [-0.25, -0.2) is 9.97 Å². The lowest BCUT2D eigenvalue weighted by atomic mass is 9.91. The Morgan fingerprint density at radius 3 is 2.33 bits per heavy atom. The number of aliphatic hydroxyl groups is 1. The Morgan fingerprint density at radius 2 is 1.71 bits per heavy atom. The second kappa shape index (κ2) is 13.0. The minimum absolute atomic E-state index is 0.0107. The topological polar surface area (TPSA) is 123 Å². The maximum atomic E-state index is 12.7. The summed E-state index contributed by atoms with van der Waals surface area (Å²) in [5.41, 5.74) is 9.48. The van der Waals surface area contributed by atoms with Crippen LogP contribution in [0.2, 0.25) is 0 Å². The summed E-state index contributed by atoms with van der Waals surface area (Å²) in [7, 11) is 1.81. The second-order valence-electron chi connectivity index (χ2n) is 13.3. The fourth-order valence-electron chi connectivity index (χ4n) is 7.04. The first-order chi connectivity index (χ1) is 23.2. The van der Waals surface area contributed by atoms with Crippen molar-refractivity contribution in [3.8, 4) is 40.1 Å². The highest BCUT2D eigenvalue weighted by Crippen LogP contribution is 2.39. The number of amides is 1. The van der Waals surface area contributed by atoms with Gasteiger partial charge in [0.1, 0.15) is 23.0 Å². The lowest BCUT2D eigenvalue weighted by Crippen LogP contribution is -2.37. The minimum Gasteiger partial charge on any atom is -0.439 e. The number of aliphatic hydroxyl groups excluding tert-OH is 1. The van der Waals surface area contributed by atoms with Crippen LogP contribution in [-0.2, 0) is 24.4 Å². The fourth-order valence-corrected chi connectivity index (χ4v) is 7.04. The van der Waals surface area contributed by atoms with Crippen molar-refractivity contribution >= 4 is 17.0 Å². The molecule has 1 amide bonds. The molecule has 10 nitrogen and oxygen atoms in total. The summed E-state index contributed by atoms with van der Waals surface area (Å²) in [6.45, 7) is 10.8. The van der Waals surface area contributed by atoms with Crippen LogP contribution in [0.1, 0.15) is 47.1 Å². The Morgan fingerprint density at radius 1 is 1.02 bits per heavy atom. The molecule has 2 aliphatic rings. The van der Waals surface area contributed by atoms with E-state index in [2.05, 4.69) is 49.9 Å². The maximum Gasteiger partial charge on any atom is 0.237 e. The normalized spacial score (nSPS) is 16.3. The van der Waals surface area contributed by atoms with Gasteiger partial charge in [-0.3, -0.25) is 14.6 Å². The van der Waals surface area contributed by atoms with Gasteiger partial charge in [0.15, 0.2) is 5.58 Å². The van der Waals surface area contributed by atoms with Crippen molar-refractivity contribution in [3.05, 3.63) is 82.2 Å². The average Bonchev–Trinajstić information content (AvgIpc) is 3.85. The molecule has 48 heavy (non-hydrogen) atoms. The maximum absolute atomic E-state index is 12.7. The highest BCUT2D eigenvalue weighted by molar-refractivity contribution is 5.85. The molecule has 7 rings (SSSR count). The number of fused-ring (bicyclic) bond motifs is 2. The Labute approximate surface area is 280 Å². The van der Waals surface area contributed by atoms with Crippen LogP contribution in [0.25, 0.3) is 45.1 Å². The molecule has 0 bridgehead atoms. The molecule has 5 aromatic rings. The van der Waals surface area contributed by atoms with Crippen LogP contribution in [0.15, 0.2) is 57.4 Å². The molecule has 4 heterocycles. The largest absolute Gasteiger partial charge is 0.439 e. The number of nitrogens with zero attached hydrogens (tertiary/aromatic N) is 6. The smallest absolute Gasteiger partial charge is 0.237 e. The zero-order valence-corrected chi connectivity index (χ0v) is 27.9. The molecule has 0 radical (unpaired) electrons. The van der Waals surface area contributed by atoms with Crippen molar-refractivity contribution < 1.29 is 18.7 Å². The van der Waals surface area contributed by atoms with E-state index >= 15 is 0 Å². The summed E-state index contributed by atoms with van der Waals surface area (Å²) in [6.07, 6.45) is 1.20. The van der Waals surface area contributed by atoms with Gasteiger partial charge >= 0.3 is 0 Å². The number of oxazole rings is 2. The number of benzene rings is 3. The molecule has 1 fully saturated rings. The van der Waals surface area contributed by atoms with Gasteiger partial charge in [-0.05, 0) is 91.9 Å². The highest BCUT2D eigenvalue weighted by Gasteiger charge is 2.30. The van der Waals surface area contributed by atoms with Gasteiger partial charge < -0.3 is 18.8 Å². The van der Waals surface area contributed by atoms with Gasteiger partial charge in [0.25, 0.3) is 0 Å². The van der Waals surface area contributed by atoms with Crippen LogP contribution in [-0.4, -0.2) is 75.5 Å². The van der Waals surface area contributed by atoms with Crippen molar-refractivity contribution in [2.24, 2.45) is 5.92 Å². The molecule has 1 atom stereocenters. The zero-order chi connectivity index (χ0) is 33.5. The minimum atomic E-state index is -0.0192. The summed E-state index contributed by atoms with van der Waals surface area (Å²) in [6, 6.07) is 18.5. The van der Waals surface area contributed by atoms with E-state index in [4.69, 9.17) is 23.9 Å². The van der Waals surface area contributed by atoms with E-state index in [-0.39, 0.29) is 19.1 Å². The van der Waals surface area contributed by atoms with Gasteiger partial charge in [0, 0.05) is 30.8 Å². The predicted octanol–water partition coefficient (Wildman–Crippen LogP) is 5.91. The van der Waals surface area contributed by atoms with Crippen LogP contribution >= 0.6 is 0 Å². The summed E-state index contributed by atoms with van der Waals surface area (Å²) in [4.78, 5) is 28.4. The third-order valence-electron chi connectivity index (χ3n) is 9.70. The first-order valence-corrected chi connectivity index (χ1v) is 16.5. The molecule has 0 saturated carbocycles. The Hall–Kier alpha value is -4.82. The molecule has 2 aliphatic heterocycles. The number of aromatic nitrogens is 2. The number of carbonyl (C=O) groups is 1. The van der Waals surface area contributed by atoms with Gasteiger partial charge in [0.2, 0.25) is 17.7 Å². The summed E-state index contributed by atoms with van der Waals surface area (Å²) in [5, 5.41) is 19.1. The molecule has 246 valence electrons. The molecule has 0 spiro atoms. The molecular formula is C38H40N6O4. The van der Waals surface area contributed by atoms with E-state index in [9.17, 15) is 10.1 Å². The Kier molecular flexibility index (Phi) is 8.60. The first-order valence-electron chi connectivity index (χ1n) is 16.5. The van der Waals surface area contributed by atoms with E-state index in [1.807, 2.05) is 37.4 Å².